The number of rotatable bonds is 5. The minimum absolute atomic E-state index is 0.0912. The number of carbonyl (C=O) groups is 1. The van der Waals surface area contributed by atoms with Crippen molar-refractivity contribution in [3.63, 3.8) is 0 Å². The fourth-order valence-electron chi connectivity index (χ4n) is 4.31. The lowest BCUT2D eigenvalue weighted by Crippen LogP contribution is -2.49. The summed E-state index contributed by atoms with van der Waals surface area (Å²) in [6.45, 7) is 2.05. The molecule has 2 aliphatic rings. The summed E-state index contributed by atoms with van der Waals surface area (Å²) in [6, 6.07) is 11.1. The van der Waals surface area contributed by atoms with Gasteiger partial charge in [-0.2, -0.15) is 5.26 Å². The number of carbonyl (C=O) groups excluding carboxylic acids is 1. The Kier molecular flexibility index (Phi) is 5.24. The van der Waals surface area contributed by atoms with Gasteiger partial charge in [0, 0.05) is 55.5 Å². The zero-order valence-corrected chi connectivity index (χ0v) is 18.1. The molecule has 1 aromatic carbocycles. The molecule has 1 N–H and O–H groups in total. The van der Waals surface area contributed by atoms with Crippen molar-refractivity contribution in [3.8, 4) is 17.3 Å². The van der Waals surface area contributed by atoms with Crippen LogP contribution in [0.1, 0.15) is 21.5 Å². The second-order valence-corrected chi connectivity index (χ2v) is 8.35. The quantitative estimate of drug-likeness (QED) is 0.637. The Bertz CT molecular complexity index is 1250. The van der Waals surface area contributed by atoms with Gasteiger partial charge < -0.3 is 19.6 Å². The number of hydrogen-bond donors (Lipinski definition) is 1. The van der Waals surface area contributed by atoms with E-state index in [0.29, 0.717) is 48.1 Å². The van der Waals surface area contributed by atoms with Gasteiger partial charge in [0.15, 0.2) is 0 Å². The normalized spacial score (nSPS) is 15.6. The van der Waals surface area contributed by atoms with Crippen molar-refractivity contribution >= 4 is 17.5 Å². The summed E-state index contributed by atoms with van der Waals surface area (Å²) in [7, 11) is 1.67. The summed E-state index contributed by atoms with van der Waals surface area (Å²) in [5, 5.41) is 18.3. The first-order valence-corrected chi connectivity index (χ1v) is 10.6. The van der Waals surface area contributed by atoms with Gasteiger partial charge in [-0.15, -0.1) is 0 Å². The van der Waals surface area contributed by atoms with Crippen LogP contribution >= 0.6 is 0 Å². The van der Waals surface area contributed by atoms with Gasteiger partial charge in [-0.1, -0.05) is 6.07 Å². The van der Waals surface area contributed by atoms with Crippen molar-refractivity contribution in [1.29, 1.82) is 5.26 Å². The van der Waals surface area contributed by atoms with Crippen LogP contribution in [0.5, 0.6) is 0 Å². The first kappa shape index (κ1) is 21.0. The van der Waals surface area contributed by atoms with Crippen LogP contribution in [0.3, 0.4) is 0 Å². The molecule has 0 aliphatic carbocycles. The van der Waals surface area contributed by atoms with Crippen molar-refractivity contribution in [1.82, 2.24) is 19.9 Å². The molecule has 1 spiro atoms. The maximum atomic E-state index is 12.8. The summed E-state index contributed by atoms with van der Waals surface area (Å²) in [4.78, 5) is 29.8. The molecule has 4 heterocycles. The molecule has 1 amide bonds. The van der Waals surface area contributed by atoms with E-state index in [1.807, 2.05) is 23.1 Å². The fraction of sp³-hybridized carbons (Fsp3) is 0.292. The van der Waals surface area contributed by atoms with E-state index in [0.717, 1.165) is 11.3 Å². The summed E-state index contributed by atoms with van der Waals surface area (Å²) in [6.07, 6.45) is 4.97. The predicted molar refractivity (Wildman–Crippen MR) is 120 cm³/mol. The number of aliphatic hydroxyl groups is 1. The summed E-state index contributed by atoms with van der Waals surface area (Å²) in [5.41, 5.74) is 4.27. The number of amides is 1. The van der Waals surface area contributed by atoms with Crippen LogP contribution < -0.4 is 4.90 Å². The standard InChI is InChI=1S/C24H22N6O3/c1-29(6-7-31)22(32)17-2-3-19-21(9-17)30(13-24(19)14-33-15-24)23-27-11-18(12-28-23)20-8-16(10-25)4-5-26-20/h2-5,8-9,11-12,31H,6-7,13-15H2,1H3. The molecule has 2 aliphatic heterocycles. The molecule has 0 atom stereocenters. The second-order valence-electron chi connectivity index (χ2n) is 8.35. The number of fused-ring (bicyclic) bond motifs is 2. The number of nitrogens with zero attached hydrogens (tertiary/aromatic N) is 6. The molecule has 1 saturated heterocycles. The highest BCUT2D eigenvalue weighted by atomic mass is 16.5. The Labute approximate surface area is 190 Å². The number of ether oxygens (including phenoxy) is 1. The number of pyridine rings is 1. The molecule has 0 radical (unpaired) electrons. The second kappa shape index (κ2) is 8.24. The van der Waals surface area contributed by atoms with E-state index in [1.165, 1.54) is 4.90 Å². The summed E-state index contributed by atoms with van der Waals surface area (Å²) < 4.78 is 5.54. The van der Waals surface area contributed by atoms with E-state index in [2.05, 4.69) is 21.0 Å². The van der Waals surface area contributed by atoms with Crippen molar-refractivity contribution in [2.45, 2.75) is 5.41 Å². The van der Waals surface area contributed by atoms with Gasteiger partial charge in [0.05, 0.1) is 42.6 Å². The van der Waals surface area contributed by atoms with Gasteiger partial charge in [-0.3, -0.25) is 9.78 Å². The summed E-state index contributed by atoms with van der Waals surface area (Å²) >= 11 is 0. The van der Waals surface area contributed by atoms with Crippen LogP contribution in [0, 0.1) is 11.3 Å². The Balaban J connectivity index is 1.49. The van der Waals surface area contributed by atoms with E-state index in [-0.39, 0.29) is 24.5 Å². The molecule has 166 valence electrons. The Hall–Kier alpha value is -3.87. The monoisotopic (exact) mass is 442 g/mol. The van der Waals surface area contributed by atoms with Gasteiger partial charge in [0.1, 0.15) is 0 Å². The van der Waals surface area contributed by atoms with Gasteiger partial charge >= 0.3 is 0 Å². The van der Waals surface area contributed by atoms with Crippen molar-refractivity contribution in [2.24, 2.45) is 0 Å². The van der Waals surface area contributed by atoms with Gasteiger partial charge in [-0.05, 0) is 29.8 Å². The Morgan fingerprint density at radius 3 is 2.70 bits per heavy atom. The van der Waals surface area contributed by atoms with Gasteiger partial charge in [0.25, 0.3) is 5.91 Å². The molecule has 3 aromatic rings. The van der Waals surface area contributed by atoms with Crippen LogP contribution in [-0.4, -0.2) is 70.8 Å². The van der Waals surface area contributed by atoms with Crippen LogP contribution in [0.15, 0.2) is 48.9 Å². The van der Waals surface area contributed by atoms with Crippen molar-refractivity contribution < 1.29 is 14.6 Å². The number of likely N-dealkylation sites (N-methyl/N-ethyl adjacent to an activating group) is 1. The van der Waals surface area contributed by atoms with E-state index in [9.17, 15) is 4.79 Å². The predicted octanol–water partition coefficient (Wildman–Crippen LogP) is 1.89. The molecule has 0 unspecified atom stereocenters. The highest BCUT2D eigenvalue weighted by molar-refractivity contribution is 5.96. The number of aromatic nitrogens is 3. The maximum absolute atomic E-state index is 12.8. The molecule has 9 heteroatoms. The van der Waals surface area contributed by atoms with E-state index in [4.69, 9.17) is 15.1 Å². The van der Waals surface area contributed by atoms with Gasteiger partial charge in [-0.25, -0.2) is 9.97 Å². The zero-order chi connectivity index (χ0) is 23.0. The molecule has 9 nitrogen and oxygen atoms in total. The van der Waals surface area contributed by atoms with Crippen LogP contribution in [0.2, 0.25) is 0 Å². The van der Waals surface area contributed by atoms with Gasteiger partial charge in [0.2, 0.25) is 5.95 Å². The third-order valence-corrected chi connectivity index (χ3v) is 6.17. The SMILES string of the molecule is CN(CCO)C(=O)c1ccc2c(c1)N(c1ncc(-c3cc(C#N)ccn3)cn1)CC21COC1. The van der Waals surface area contributed by atoms with E-state index >= 15 is 0 Å². The molecule has 33 heavy (non-hydrogen) atoms. The molecule has 5 rings (SSSR count). The number of hydrogen-bond acceptors (Lipinski definition) is 8. The Morgan fingerprint density at radius 1 is 1.24 bits per heavy atom. The minimum Gasteiger partial charge on any atom is -0.395 e. The lowest BCUT2D eigenvalue weighted by atomic mass is 9.80. The average Bonchev–Trinajstić information content (AvgIpc) is 3.19. The van der Waals surface area contributed by atoms with E-state index < -0.39 is 0 Å². The molecular weight excluding hydrogens is 420 g/mol. The maximum Gasteiger partial charge on any atom is 0.253 e. The minimum atomic E-state index is -0.155. The highest BCUT2D eigenvalue weighted by Gasteiger charge is 2.49. The van der Waals surface area contributed by atoms with Crippen LogP contribution in [0.25, 0.3) is 11.3 Å². The molecular formula is C24H22N6O3. The van der Waals surface area contributed by atoms with Crippen molar-refractivity contribution in [2.75, 3.05) is 44.9 Å². The van der Waals surface area contributed by atoms with Crippen molar-refractivity contribution in [3.05, 3.63) is 65.6 Å². The molecule has 0 bridgehead atoms. The first-order valence-electron chi connectivity index (χ1n) is 10.6. The molecule has 2 aromatic heterocycles. The van der Waals surface area contributed by atoms with Crippen LogP contribution in [-0.2, 0) is 10.2 Å². The molecule has 1 fully saturated rings. The van der Waals surface area contributed by atoms with Crippen LogP contribution in [0.4, 0.5) is 11.6 Å². The summed E-state index contributed by atoms with van der Waals surface area (Å²) in [5.74, 6) is 0.367. The topological polar surface area (TPSA) is 115 Å². The number of aliphatic hydroxyl groups excluding tert-OH is 1. The fourth-order valence-corrected chi connectivity index (χ4v) is 4.31. The zero-order valence-electron chi connectivity index (χ0n) is 18.1. The largest absolute Gasteiger partial charge is 0.395 e. The lowest BCUT2D eigenvalue weighted by Gasteiger charge is -2.38. The smallest absolute Gasteiger partial charge is 0.253 e. The number of nitriles is 1. The number of anilines is 2. The van der Waals surface area contributed by atoms with E-state index in [1.54, 1.807) is 37.8 Å². The lowest BCUT2D eigenvalue weighted by molar-refractivity contribution is -0.0507. The third-order valence-electron chi connectivity index (χ3n) is 6.17. The number of benzene rings is 1. The Morgan fingerprint density at radius 2 is 2.03 bits per heavy atom. The first-order chi connectivity index (χ1) is 16.0. The molecule has 0 saturated carbocycles. The average molecular weight is 442 g/mol. The highest BCUT2D eigenvalue weighted by Crippen LogP contribution is 2.47. The third kappa shape index (κ3) is 3.59.